The summed E-state index contributed by atoms with van der Waals surface area (Å²) in [5.74, 6) is 1.30. The molecule has 2 aliphatic rings. The SMILES string of the molecule is COc1cccc(OC2CO[C@H]3CN(C(=O)c4cccc(C#N)c4)C[C@@H]3OC2)c1. The number of hydrogen-bond donors (Lipinski definition) is 0. The van der Waals surface area contributed by atoms with Gasteiger partial charge in [-0.05, 0) is 30.3 Å². The molecule has 7 heteroatoms. The van der Waals surface area contributed by atoms with E-state index >= 15 is 0 Å². The van der Waals surface area contributed by atoms with Crippen molar-refractivity contribution < 1.29 is 23.7 Å². The van der Waals surface area contributed by atoms with E-state index in [2.05, 4.69) is 6.07 Å². The second-order valence-corrected chi connectivity index (χ2v) is 7.07. The molecule has 0 bridgehead atoms. The third-order valence-electron chi connectivity index (χ3n) is 5.08. The normalized spacial score (nSPS) is 21.7. The van der Waals surface area contributed by atoms with Gasteiger partial charge in [0.15, 0.2) is 0 Å². The number of rotatable bonds is 4. The molecule has 150 valence electrons. The van der Waals surface area contributed by atoms with Crippen LogP contribution < -0.4 is 9.47 Å². The van der Waals surface area contributed by atoms with Crippen molar-refractivity contribution in [2.24, 2.45) is 0 Å². The van der Waals surface area contributed by atoms with E-state index in [1.54, 1.807) is 36.3 Å². The van der Waals surface area contributed by atoms with Crippen molar-refractivity contribution >= 4 is 5.91 Å². The second-order valence-electron chi connectivity index (χ2n) is 7.07. The van der Waals surface area contributed by atoms with E-state index in [4.69, 9.17) is 24.2 Å². The maximum atomic E-state index is 12.8. The Morgan fingerprint density at radius 3 is 2.45 bits per heavy atom. The summed E-state index contributed by atoms with van der Waals surface area (Å²) >= 11 is 0. The molecular formula is C22H22N2O5. The highest BCUT2D eigenvalue weighted by Gasteiger charge is 2.40. The largest absolute Gasteiger partial charge is 0.497 e. The molecule has 4 rings (SSSR count). The topological polar surface area (TPSA) is 81.0 Å². The molecule has 0 spiro atoms. The van der Waals surface area contributed by atoms with Gasteiger partial charge in [-0.3, -0.25) is 4.79 Å². The lowest BCUT2D eigenvalue weighted by Gasteiger charge is -2.20. The highest BCUT2D eigenvalue weighted by molar-refractivity contribution is 5.94. The number of fused-ring (bicyclic) bond motifs is 1. The van der Waals surface area contributed by atoms with Crippen molar-refractivity contribution in [1.82, 2.24) is 4.90 Å². The summed E-state index contributed by atoms with van der Waals surface area (Å²) in [7, 11) is 1.61. The lowest BCUT2D eigenvalue weighted by Crippen LogP contribution is -2.32. The molecule has 0 N–H and O–H groups in total. The number of nitriles is 1. The van der Waals surface area contributed by atoms with Crippen LogP contribution in [0.4, 0.5) is 0 Å². The first kappa shape index (κ1) is 19.2. The van der Waals surface area contributed by atoms with Crippen molar-refractivity contribution in [2.75, 3.05) is 33.4 Å². The van der Waals surface area contributed by atoms with Crippen LogP contribution in [0, 0.1) is 11.3 Å². The molecule has 0 saturated carbocycles. The van der Waals surface area contributed by atoms with Gasteiger partial charge in [0, 0.05) is 24.7 Å². The molecule has 1 amide bonds. The van der Waals surface area contributed by atoms with Gasteiger partial charge in [0.2, 0.25) is 0 Å². The van der Waals surface area contributed by atoms with E-state index in [9.17, 15) is 4.79 Å². The minimum atomic E-state index is -0.232. The van der Waals surface area contributed by atoms with Gasteiger partial charge >= 0.3 is 0 Å². The number of methoxy groups -OCH3 is 1. The highest BCUT2D eigenvalue weighted by Crippen LogP contribution is 2.25. The van der Waals surface area contributed by atoms with Gasteiger partial charge in [0.1, 0.15) is 29.8 Å². The molecular weight excluding hydrogens is 372 g/mol. The van der Waals surface area contributed by atoms with Crippen molar-refractivity contribution in [3.05, 3.63) is 59.7 Å². The zero-order valence-corrected chi connectivity index (χ0v) is 16.1. The molecule has 2 aromatic rings. The quantitative estimate of drug-likeness (QED) is 0.791. The van der Waals surface area contributed by atoms with Crippen LogP contribution in [0.3, 0.4) is 0 Å². The summed E-state index contributed by atoms with van der Waals surface area (Å²) in [6.07, 6.45) is -0.627. The number of amides is 1. The highest BCUT2D eigenvalue weighted by atomic mass is 16.6. The average Bonchev–Trinajstić information content (AvgIpc) is 3.09. The van der Waals surface area contributed by atoms with Crippen LogP contribution in [0.1, 0.15) is 15.9 Å². The van der Waals surface area contributed by atoms with Gasteiger partial charge in [-0.1, -0.05) is 12.1 Å². The van der Waals surface area contributed by atoms with Crippen LogP contribution in [-0.4, -0.2) is 62.5 Å². The number of hydrogen-bond acceptors (Lipinski definition) is 6. The standard InChI is InChI=1S/C22H22N2O5/c1-26-17-6-3-7-18(9-17)29-19-13-27-20-11-24(12-21(20)28-14-19)22(25)16-5-2-4-15(8-16)10-23/h2-9,19-21H,11-14H2,1H3/t20-,21-/m0/s1. The molecule has 2 aliphatic heterocycles. The summed E-state index contributed by atoms with van der Waals surface area (Å²) < 4.78 is 23.2. The Kier molecular flexibility index (Phi) is 5.65. The smallest absolute Gasteiger partial charge is 0.254 e. The Labute approximate surface area is 169 Å². The van der Waals surface area contributed by atoms with Gasteiger partial charge in [0.25, 0.3) is 5.91 Å². The van der Waals surface area contributed by atoms with E-state index in [1.165, 1.54) is 0 Å². The molecule has 2 fully saturated rings. The number of benzene rings is 2. The van der Waals surface area contributed by atoms with Crippen molar-refractivity contribution in [2.45, 2.75) is 18.3 Å². The van der Waals surface area contributed by atoms with Gasteiger partial charge < -0.3 is 23.8 Å². The van der Waals surface area contributed by atoms with Gasteiger partial charge in [-0.2, -0.15) is 5.26 Å². The number of nitrogens with zero attached hydrogens (tertiary/aromatic N) is 2. The van der Waals surface area contributed by atoms with Gasteiger partial charge in [-0.15, -0.1) is 0 Å². The fourth-order valence-corrected chi connectivity index (χ4v) is 3.58. The molecule has 2 atom stereocenters. The number of carbonyl (C=O) groups is 1. The van der Waals surface area contributed by atoms with E-state index in [0.717, 1.165) is 5.75 Å². The van der Waals surface area contributed by atoms with Crippen molar-refractivity contribution in [3.8, 4) is 17.6 Å². The summed E-state index contributed by atoms with van der Waals surface area (Å²) in [6.45, 7) is 1.66. The van der Waals surface area contributed by atoms with Crippen LogP contribution in [-0.2, 0) is 9.47 Å². The van der Waals surface area contributed by atoms with Gasteiger partial charge in [0.05, 0.1) is 32.0 Å². The number of carbonyl (C=O) groups excluding carboxylic acids is 1. The summed E-state index contributed by atoms with van der Waals surface area (Å²) in [5.41, 5.74) is 0.967. The fourth-order valence-electron chi connectivity index (χ4n) is 3.58. The monoisotopic (exact) mass is 394 g/mol. The van der Waals surface area contributed by atoms with Crippen LogP contribution in [0.2, 0.25) is 0 Å². The summed E-state index contributed by atoms with van der Waals surface area (Å²) in [6, 6.07) is 16.2. The molecule has 2 saturated heterocycles. The fraction of sp³-hybridized carbons (Fsp3) is 0.364. The molecule has 0 radical (unpaired) electrons. The Morgan fingerprint density at radius 1 is 1.07 bits per heavy atom. The molecule has 2 heterocycles. The van der Waals surface area contributed by atoms with E-state index in [1.807, 2.05) is 24.3 Å². The molecule has 29 heavy (non-hydrogen) atoms. The average molecular weight is 394 g/mol. The Balaban J connectivity index is 1.35. The Hall–Kier alpha value is -3.08. The third-order valence-corrected chi connectivity index (χ3v) is 5.08. The first-order valence-corrected chi connectivity index (χ1v) is 9.49. The zero-order chi connectivity index (χ0) is 20.2. The Bertz CT molecular complexity index is 909. The van der Waals surface area contributed by atoms with Gasteiger partial charge in [-0.25, -0.2) is 0 Å². The van der Waals surface area contributed by atoms with E-state index in [-0.39, 0.29) is 24.2 Å². The molecule has 0 unspecified atom stereocenters. The maximum absolute atomic E-state index is 12.8. The minimum absolute atomic E-state index is 0.119. The maximum Gasteiger partial charge on any atom is 0.254 e. The number of ether oxygens (including phenoxy) is 4. The Morgan fingerprint density at radius 2 is 1.76 bits per heavy atom. The number of likely N-dealkylation sites (tertiary alicyclic amines) is 1. The summed E-state index contributed by atoms with van der Waals surface area (Å²) in [5, 5.41) is 9.04. The van der Waals surface area contributed by atoms with Crippen LogP contribution in [0.25, 0.3) is 0 Å². The third kappa shape index (κ3) is 4.34. The minimum Gasteiger partial charge on any atom is -0.497 e. The first-order chi connectivity index (χ1) is 14.2. The van der Waals surface area contributed by atoms with Crippen LogP contribution in [0.5, 0.6) is 11.5 Å². The summed E-state index contributed by atoms with van der Waals surface area (Å²) in [4.78, 5) is 14.5. The van der Waals surface area contributed by atoms with Crippen molar-refractivity contribution in [1.29, 1.82) is 5.26 Å². The lowest BCUT2D eigenvalue weighted by atomic mass is 10.1. The first-order valence-electron chi connectivity index (χ1n) is 9.49. The predicted molar refractivity (Wildman–Crippen MR) is 104 cm³/mol. The zero-order valence-electron chi connectivity index (χ0n) is 16.1. The molecule has 2 aromatic carbocycles. The van der Waals surface area contributed by atoms with Crippen LogP contribution in [0.15, 0.2) is 48.5 Å². The second kappa shape index (κ2) is 8.52. The molecule has 0 aromatic heterocycles. The van der Waals surface area contributed by atoms with Crippen LogP contribution >= 0.6 is 0 Å². The van der Waals surface area contributed by atoms with E-state index in [0.29, 0.717) is 43.2 Å². The predicted octanol–water partition coefficient (Wildman–Crippen LogP) is 2.25. The molecule has 7 nitrogen and oxygen atoms in total. The lowest BCUT2D eigenvalue weighted by molar-refractivity contribution is -0.00461. The van der Waals surface area contributed by atoms with E-state index < -0.39 is 0 Å². The van der Waals surface area contributed by atoms with Crippen molar-refractivity contribution in [3.63, 3.8) is 0 Å². The molecule has 0 aliphatic carbocycles.